The summed E-state index contributed by atoms with van der Waals surface area (Å²) in [4.78, 5) is 12.4. The highest BCUT2D eigenvalue weighted by molar-refractivity contribution is 7.12. The maximum Gasteiger partial charge on any atom is 0.268 e. The van der Waals surface area contributed by atoms with E-state index in [0.717, 1.165) is 0 Å². The predicted octanol–water partition coefficient (Wildman–Crippen LogP) is 2.28. The zero-order chi connectivity index (χ0) is 12.6. The highest BCUT2D eigenvalue weighted by atomic mass is 35.5. The van der Waals surface area contributed by atoms with E-state index >= 15 is 0 Å². The summed E-state index contributed by atoms with van der Waals surface area (Å²) in [6.07, 6.45) is 0. The Bertz CT molecular complexity index is 575. The van der Waals surface area contributed by atoms with Gasteiger partial charge in [-0.15, -0.1) is 11.3 Å². The van der Waals surface area contributed by atoms with Gasteiger partial charge in [0.25, 0.3) is 5.91 Å². The number of halogens is 1. The number of hydrogen-bond acceptors (Lipinski definition) is 4. The third-order valence-electron chi connectivity index (χ3n) is 2.32. The van der Waals surface area contributed by atoms with Crippen LogP contribution in [0.2, 0.25) is 5.02 Å². The van der Waals surface area contributed by atoms with Gasteiger partial charge in [0.1, 0.15) is 4.88 Å². The molecule has 0 saturated heterocycles. The van der Waals surface area contributed by atoms with Crippen LogP contribution >= 0.6 is 22.9 Å². The first-order valence-electron chi connectivity index (χ1n) is 4.84. The summed E-state index contributed by atoms with van der Waals surface area (Å²) in [6, 6.07) is 1.68. The van der Waals surface area contributed by atoms with E-state index in [1.165, 1.54) is 16.0 Å². The lowest BCUT2D eigenvalue weighted by Crippen LogP contribution is -2.14. The van der Waals surface area contributed by atoms with E-state index in [-0.39, 0.29) is 5.91 Å². The number of nitrogens with one attached hydrogen (secondary N) is 1. The number of carbonyl (C=O) groups excluding carboxylic acids is 1. The van der Waals surface area contributed by atoms with Crippen molar-refractivity contribution in [3.8, 4) is 0 Å². The number of thiophene rings is 1. The van der Waals surface area contributed by atoms with Crippen LogP contribution in [0.4, 0.5) is 11.5 Å². The summed E-state index contributed by atoms with van der Waals surface area (Å²) < 4.78 is 1.53. The van der Waals surface area contributed by atoms with Gasteiger partial charge in [-0.2, -0.15) is 5.10 Å². The van der Waals surface area contributed by atoms with Gasteiger partial charge in [-0.05, 0) is 18.4 Å². The molecule has 0 radical (unpaired) electrons. The van der Waals surface area contributed by atoms with Crippen LogP contribution in [0.25, 0.3) is 0 Å². The Labute approximate surface area is 107 Å². The van der Waals surface area contributed by atoms with Crippen LogP contribution in [0, 0.1) is 6.92 Å². The van der Waals surface area contributed by atoms with Crippen molar-refractivity contribution in [2.75, 3.05) is 11.1 Å². The topological polar surface area (TPSA) is 72.9 Å². The van der Waals surface area contributed by atoms with Crippen LogP contribution in [0.3, 0.4) is 0 Å². The third kappa shape index (κ3) is 2.13. The van der Waals surface area contributed by atoms with Crippen LogP contribution in [0.5, 0.6) is 0 Å². The second-order valence-electron chi connectivity index (χ2n) is 3.52. The van der Waals surface area contributed by atoms with Gasteiger partial charge in [-0.25, -0.2) is 0 Å². The highest BCUT2D eigenvalue weighted by Gasteiger charge is 2.16. The Morgan fingerprint density at radius 2 is 2.35 bits per heavy atom. The standard InChI is InChI=1S/C10H11ClN4OS/c1-5-7(12)9(15(2)14-5)13-10(16)8-6(11)3-4-17-8/h3-4H,12H2,1-2H3,(H,13,16). The number of nitrogen functional groups attached to an aromatic ring is 1. The molecule has 0 saturated carbocycles. The first-order valence-corrected chi connectivity index (χ1v) is 6.10. The van der Waals surface area contributed by atoms with Crippen molar-refractivity contribution in [3.05, 3.63) is 27.0 Å². The summed E-state index contributed by atoms with van der Waals surface area (Å²) in [7, 11) is 1.72. The zero-order valence-electron chi connectivity index (χ0n) is 9.32. The average Bonchev–Trinajstić information content (AvgIpc) is 2.78. The van der Waals surface area contributed by atoms with Gasteiger partial charge in [0.05, 0.1) is 16.4 Å². The lowest BCUT2D eigenvalue weighted by atomic mass is 10.3. The monoisotopic (exact) mass is 270 g/mol. The molecule has 0 unspecified atom stereocenters. The smallest absolute Gasteiger partial charge is 0.268 e. The fourth-order valence-corrected chi connectivity index (χ4v) is 2.48. The number of hydrogen-bond donors (Lipinski definition) is 2. The molecule has 2 rings (SSSR count). The van der Waals surface area contributed by atoms with Gasteiger partial charge in [0.2, 0.25) is 0 Å². The van der Waals surface area contributed by atoms with E-state index in [1.54, 1.807) is 25.4 Å². The minimum Gasteiger partial charge on any atom is -0.394 e. The number of aryl methyl sites for hydroxylation is 2. The Morgan fingerprint density at radius 1 is 1.65 bits per heavy atom. The fraction of sp³-hybridized carbons (Fsp3) is 0.200. The largest absolute Gasteiger partial charge is 0.394 e. The molecule has 3 N–H and O–H groups in total. The average molecular weight is 271 g/mol. The van der Waals surface area contributed by atoms with Crippen molar-refractivity contribution >= 4 is 40.4 Å². The molecule has 17 heavy (non-hydrogen) atoms. The number of nitrogens with two attached hydrogens (primary N) is 1. The molecule has 2 aromatic heterocycles. The van der Waals surface area contributed by atoms with Crippen molar-refractivity contribution in [2.24, 2.45) is 7.05 Å². The molecule has 0 bridgehead atoms. The lowest BCUT2D eigenvalue weighted by Gasteiger charge is -2.05. The maximum absolute atomic E-state index is 11.9. The SMILES string of the molecule is Cc1nn(C)c(NC(=O)c2sccc2Cl)c1N. The van der Waals surface area contributed by atoms with Gasteiger partial charge >= 0.3 is 0 Å². The van der Waals surface area contributed by atoms with Crippen molar-refractivity contribution in [1.29, 1.82) is 0 Å². The first-order chi connectivity index (χ1) is 8.00. The summed E-state index contributed by atoms with van der Waals surface area (Å²) in [6.45, 7) is 1.78. The van der Waals surface area contributed by atoms with Gasteiger partial charge in [-0.1, -0.05) is 11.6 Å². The molecule has 0 aliphatic carbocycles. The van der Waals surface area contributed by atoms with Crippen molar-refractivity contribution in [2.45, 2.75) is 6.92 Å². The molecule has 0 spiro atoms. The maximum atomic E-state index is 11.9. The second kappa shape index (κ2) is 4.38. The highest BCUT2D eigenvalue weighted by Crippen LogP contribution is 2.25. The van der Waals surface area contributed by atoms with E-state index in [9.17, 15) is 4.79 Å². The van der Waals surface area contributed by atoms with Crippen LogP contribution < -0.4 is 11.1 Å². The van der Waals surface area contributed by atoms with Crippen LogP contribution in [0.1, 0.15) is 15.4 Å². The van der Waals surface area contributed by atoms with Crippen molar-refractivity contribution in [1.82, 2.24) is 9.78 Å². The number of amides is 1. The fourth-order valence-electron chi connectivity index (χ4n) is 1.44. The molecular formula is C10H11ClN4OS. The van der Waals surface area contributed by atoms with E-state index < -0.39 is 0 Å². The van der Waals surface area contributed by atoms with Crippen molar-refractivity contribution in [3.63, 3.8) is 0 Å². The number of carbonyl (C=O) groups is 1. The molecule has 90 valence electrons. The van der Waals surface area contributed by atoms with E-state index in [0.29, 0.717) is 27.1 Å². The quantitative estimate of drug-likeness (QED) is 0.879. The van der Waals surface area contributed by atoms with Crippen LogP contribution in [-0.2, 0) is 7.05 Å². The number of anilines is 2. The molecule has 0 aliphatic rings. The summed E-state index contributed by atoms with van der Waals surface area (Å²) in [5, 5.41) is 9.01. The van der Waals surface area contributed by atoms with E-state index in [2.05, 4.69) is 10.4 Å². The molecule has 0 atom stereocenters. The number of rotatable bonds is 2. The normalized spacial score (nSPS) is 10.5. The Kier molecular flexibility index (Phi) is 3.08. The minimum atomic E-state index is -0.278. The van der Waals surface area contributed by atoms with Gasteiger partial charge in [0.15, 0.2) is 5.82 Å². The van der Waals surface area contributed by atoms with Gasteiger partial charge in [-0.3, -0.25) is 9.48 Å². The Morgan fingerprint density at radius 3 is 2.82 bits per heavy atom. The van der Waals surface area contributed by atoms with Crippen molar-refractivity contribution < 1.29 is 4.79 Å². The molecule has 5 nitrogen and oxygen atoms in total. The molecule has 2 aromatic rings. The van der Waals surface area contributed by atoms with Crippen LogP contribution in [-0.4, -0.2) is 15.7 Å². The van der Waals surface area contributed by atoms with Gasteiger partial charge in [0, 0.05) is 7.05 Å². The van der Waals surface area contributed by atoms with Gasteiger partial charge < -0.3 is 11.1 Å². The summed E-state index contributed by atoms with van der Waals surface area (Å²) >= 11 is 7.16. The summed E-state index contributed by atoms with van der Waals surface area (Å²) in [5.41, 5.74) is 6.96. The first kappa shape index (κ1) is 11.9. The Hall–Kier alpha value is -1.53. The molecular weight excluding hydrogens is 260 g/mol. The third-order valence-corrected chi connectivity index (χ3v) is 3.66. The molecule has 0 aromatic carbocycles. The number of nitrogens with zero attached hydrogens (tertiary/aromatic N) is 2. The minimum absolute atomic E-state index is 0.278. The van der Waals surface area contributed by atoms with Crippen LogP contribution in [0.15, 0.2) is 11.4 Å². The van der Waals surface area contributed by atoms with E-state index in [1.807, 2.05) is 0 Å². The van der Waals surface area contributed by atoms with E-state index in [4.69, 9.17) is 17.3 Å². The molecule has 7 heteroatoms. The molecule has 0 fully saturated rings. The number of aromatic nitrogens is 2. The summed E-state index contributed by atoms with van der Waals surface area (Å²) in [5.74, 6) is 0.205. The lowest BCUT2D eigenvalue weighted by molar-refractivity contribution is 0.103. The molecule has 2 heterocycles. The predicted molar refractivity (Wildman–Crippen MR) is 69.6 cm³/mol. The Balaban J connectivity index is 2.28. The molecule has 0 aliphatic heterocycles. The zero-order valence-corrected chi connectivity index (χ0v) is 10.9. The molecule has 1 amide bonds. The second-order valence-corrected chi connectivity index (χ2v) is 4.85.